The van der Waals surface area contributed by atoms with Gasteiger partial charge in [0.15, 0.2) is 35.5 Å². The molecule has 285 valence electrons. The van der Waals surface area contributed by atoms with Gasteiger partial charge in [-0.25, -0.2) is 29.9 Å². The molecule has 19 heteroatoms. The second-order valence-electron chi connectivity index (χ2n) is 13.1. The van der Waals surface area contributed by atoms with E-state index < -0.39 is 34.6 Å². The fourth-order valence-corrected chi connectivity index (χ4v) is 7.42. The number of H-pyrrole nitrogens is 2. The summed E-state index contributed by atoms with van der Waals surface area (Å²) in [6.45, 7) is -0.0955. The predicted molar refractivity (Wildman–Crippen MR) is 199 cm³/mol. The van der Waals surface area contributed by atoms with Crippen molar-refractivity contribution in [2.75, 3.05) is 13.2 Å². The summed E-state index contributed by atoms with van der Waals surface area (Å²) in [4.78, 5) is 65.7. The van der Waals surface area contributed by atoms with E-state index >= 15 is 0 Å². The van der Waals surface area contributed by atoms with E-state index in [9.17, 15) is 20.2 Å². The third-order valence-electron chi connectivity index (χ3n) is 9.87. The topological polar surface area (TPSA) is 232 Å². The summed E-state index contributed by atoms with van der Waals surface area (Å²) >= 11 is 0. The second-order valence-corrected chi connectivity index (χ2v) is 13.1. The first-order valence-corrected chi connectivity index (χ1v) is 17.4. The van der Waals surface area contributed by atoms with Gasteiger partial charge in [-0.3, -0.25) is 0 Å². The molecule has 57 heavy (non-hydrogen) atoms. The molecule has 18 nitrogen and oxygen atoms in total. The minimum Gasteiger partial charge on any atom is -0.371 e. The minimum atomic E-state index is -0.943. The normalized spacial score (nSPS) is 18.7. The van der Waals surface area contributed by atoms with Crippen molar-refractivity contribution in [3.05, 3.63) is 117 Å². The third kappa shape index (κ3) is 6.33. The van der Waals surface area contributed by atoms with Crippen molar-refractivity contribution >= 4 is 44.1 Å². The van der Waals surface area contributed by atoms with Gasteiger partial charge in [0, 0.05) is 60.6 Å². The Morgan fingerprint density at radius 1 is 0.491 bits per heavy atom. The van der Waals surface area contributed by atoms with Gasteiger partial charge in [-0.1, -0.05) is 97.1 Å². The van der Waals surface area contributed by atoms with E-state index in [1.54, 1.807) is 0 Å². The van der Waals surface area contributed by atoms with Gasteiger partial charge in [0.25, 0.3) is 10.2 Å². The van der Waals surface area contributed by atoms with Gasteiger partial charge >= 0.3 is 0 Å². The van der Waals surface area contributed by atoms with Crippen molar-refractivity contribution in [2.24, 2.45) is 0 Å². The fraction of sp³-hybridized carbons (Fsp3) is 0.158. The van der Waals surface area contributed by atoms with E-state index in [1.165, 1.54) is 0 Å². The molecule has 4 aliphatic heterocycles. The van der Waals surface area contributed by atoms with Crippen LogP contribution in [0.4, 0.5) is 0 Å². The van der Waals surface area contributed by atoms with E-state index in [-0.39, 0.29) is 30.0 Å². The zero-order chi connectivity index (χ0) is 37.9. The number of hydrogen-bond acceptors (Lipinski definition) is 14. The van der Waals surface area contributed by atoms with Gasteiger partial charge < -0.3 is 29.1 Å². The SMILES string of the molecule is O=[N+]([O-])O[C@H]1CO[C@H]2[C@@H]1OC[C@H]2O[N+](=O)[O-].[Co].c1ccc2c(c1)-c1nc-2nc2[nH]c(nc3nc(nc4[nH]c(n1)c1ccccc41)-c1ccccc1-3)c1ccccc21. The van der Waals surface area contributed by atoms with Crippen molar-refractivity contribution in [2.45, 2.75) is 24.4 Å². The van der Waals surface area contributed by atoms with Crippen LogP contribution >= 0.6 is 0 Å². The monoisotopic (exact) mass is 809 g/mol. The van der Waals surface area contributed by atoms with Crippen molar-refractivity contribution in [1.82, 2.24) is 39.9 Å². The van der Waals surface area contributed by atoms with Gasteiger partial charge in [-0.05, 0) is 0 Å². The molecule has 0 unspecified atom stereocenters. The fourth-order valence-electron chi connectivity index (χ4n) is 7.42. The van der Waals surface area contributed by atoms with Crippen LogP contribution in [0.2, 0.25) is 0 Å². The first-order chi connectivity index (χ1) is 27.4. The van der Waals surface area contributed by atoms with Crippen molar-refractivity contribution in [3.63, 3.8) is 0 Å². The Morgan fingerprint density at radius 2 is 0.772 bits per heavy atom. The summed E-state index contributed by atoms with van der Waals surface area (Å²) in [6, 6.07) is 32.2. The summed E-state index contributed by atoms with van der Waals surface area (Å²) in [5, 5.41) is 22.2. The maximum atomic E-state index is 10.1. The number of fused-ring (bicyclic) bond motifs is 21. The van der Waals surface area contributed by atoms with Crippen LogP contribution in [-0.4, -0.2) is 87.7 Å². The number of ether oxygens (including phenoxy) is 2. The molecule has 0 spiro atoms. The minimum absolute atomic E-state index is 0. The quantitative estimate of drug-likeness (QED) is 0.158. The molecule has 0 aliphatic carbocycles. The van der Waals surface area contributed by atoms with Gasteiger partial charge in [0.05, 0.1) is 13.2 Å². The Labute approximate surface area is 329 Å². The van der Waals surface area contributed by atoms with Crippen LogP contribution < -0.4 is 0 Å². The first kappa shape index (κ1) is 35.7. The average Bonchev–Trinajstić information content (AvgIpc) is 4.05. The zero-order valence-corrected chi connectivity index (χ0v) is 30.2. The number of rotatable bonds is 4. The van der Waals surface area contributed by atoms with Crippen molar-refractivity contribution in [1.29, 1.82) is 0 Å². The third-order valence-corrected chi connectivity index (χ3v) is 9.87. The number of benzene rings is 4. The Bertz CT molecular complexity index is 2570. The van der Waals surface area contributed by atoms with Crippen LogP contribution in [0.25, 0.3) is 89.7 Å². The van der Waals surface area contributed by atoms with Crippen LogP contribution in [0.1, 0.15) is 0 Å². The van der Waals surface area contributed by atoms with Crippen LogP contribution in [-0.2, 0) is 35.9 Å². The molecule has 2 saturated heterocycles. The van der Waals surface area contributed by atoms with E-state index in [2.05, 4.69) is 19.6 Å². The molecule has 1 radical (unpaired) electrons. The summed E-state index contributed by atoms with van der Waals surface area (Å²) in [7, 11) is 0. The number of aromatic nitrogens is 8. The number of nitrogens with zero attached hydrogens (tertiary/aromatic N) is 8. The molecule has 7 heterocycles. The molecule has 3 aromatic heterocycles. The molecule has 4 aliphatic rings. The molecule has 7 aromatic rings. The second kappa shape index (κ2) is 14.3. The Kier molecular flexibility index (Phi) is 8.96. The van der Waals surface area contributed by atoms with Crippen molar-refractivity contribution in [3.8, 4) is 45.6 Å². The molecule has 4 atom stereocenters. The molecule has 4 aromatic carbocycles. The molecule has 11 rings (SSSR count). The predicted octanol–water partition coefficient (Wildman–Crippen LogP) is 5.80. The molecule has 0 saturated carbocycles. The van der Waals surface area contributed by atoms with E-state index in [0.717, 1.165) is 43.8 Å². The summed E-state index contributed by atoms with van der Waals surface area (Å²) in [5.74, 6) is 2.39. The van der Waals surface area contributed by atoms with Gasteiger partial charge in [0.2, 0.25) is 0 Å². The van der Waals surface area contributed by atoms with E-state index in [4.69, 9.17) is 39.4 Å². The zero-order valence-electron chi connectivity index (χ0n) is 29.1. The molecule has 0 amide bonds. The standard InChI is InChI=1S/C32H18N8.C6H8N2O8.Co/c1-2-10-18-17(9-1)25-33-26(18)38-28-21-13-5-6-14-22(21)30(35-28)40-32-24-16-8-7-15-23(24)31(36-32)39-29-20-12-4-3-11-19(20)27(34-29)37-25;9-7(10)15-3-1-13-6-4(16-8(11)12)2-14-5(3)6;/h1-16H,(H2,33,34,35,36,37,38,39,40);3-6H,1-2H2;/t;3-,4+,5-,6-;/m.1./s1. The number of hydrogen-bond donors (Lipinski definition) is 2. The molecule has 8 bridgehead atoms. The molecular weight excluding hydrogens is 783 g/mol. The number of aromatic amines is 2. The molecule has 2 fully saturated rings. The van der Waals surface area contributed by atoms with Crippen LogP contribution in [0.5, 0.6) is 0 Å². The smallest absolute Gasteiger partial charge is 0.294 e. The van der Waals surface area contributed by atoms with E-state index in [0.29, 0.717) is 45.9 Å². The Balaban J connectivity index is 0.000000210. The van der Waals surface area contributed by atoms with Crippen molar-refractivity contribution < 1.29 is 46.1 Å². The summed E-state index contributed by atoms with van der Waals surface area (Å²) in [6.07, 6.45) is -3.12. The maximum absolute atomic E-state index is 10.1. The van der Waals surface area contributed by atoms with Gasteiger partial charge in [-0.15, -0.1) is 20.2 Å². The van der Waals surface area contributed by atoms with Crippen LogP contribution in [0, 0.1) is 20.2 Å². The summed E-state index contributed by atoms with van der Waals surface area (Å²) in [5.41, 5.74) is 6.45. The Hall–Kier alpha value is -6.93. The maximum Gasteiger partial charge on any atom is 0.294 e. The van der Waals surface area contributed by atoms with Gasteiger partial charge in [-0.2, -0.15) is 0 Å². The largest absolute Gasteiger partial charge is 0.371 e. The number of nitrogens with one attached hydrogen (secondary N) is 2. The molecule has 2 N–H and O–H groups in total. The van der Waals surface area contributed by atoms with Gasteiger partial charge in [0.1, 0.15) is 34.8 Å². The Morgan fingerprint density at radius 3 is 1.05 bits per heavy atom. The van der Waals surface area contributed by atoms with Crippen LogP contribution in [0.3, 0.4) is 0 Å². The molecular formula is C38H26CoN10O8. The average molecular weight is 810 g/mol. The summed E-state index contributed by atoms with van der Waals surface area (Å²) < 4.78 is 10.2. The van der Waals surface area contributed by atoms with Crippen LogP contribution in [0.15, 0.2) is 97.1 Å². The van der Waals surface area contributed by atoms with E-state index in [1.807, 2.05) is 97.1 Å². The first-order valence-electron chi connectivity index (χ1n) is 17.4.